The van der Waals surface area contributed by atoms with Crippen LogP contribution in [-0.4, -0.2) is 18.6 Å². The third-order valence-electron chi connectivity index (χ3n) is 3.33. The Bertz CT molecular complexity index is 556. The molecule has 2 aromatic rings. The molecule has 1 aromatic heterocycles. The van der Waals surface area contributed by atoms with Gasteiger partial charge in [0.2, 0.25) is 0 Å². The maximum absolute atomic E-state index is 6.24. The number of halogens is 1. The van der Waals surface area contributed by atoms with Crippen molar-refractivity contribution in [2.45, 2.75) is 26.4 Å². The molecule has 0 aliphatic rings. The first-order valence-electron chi connectivity index (χ1n) is 6.75. The molecule has 5 heteroatoms. The molecule has 1 atom stereocenters. The van der Waals surface area contributed by atoms with Crippen molar-refractivity contribution < 1.29 is 4.42 Å². The fourth-order valence-corrected chi connectivity index (χ4v) is 2.27. The zero-order valence-corrected chi connectivity index (χ0v) is 12.8. The standard InChI is InChI=1S/C15H20ClN3O/c1-4-17-9-12-10-20-15(18-12)19(3)11(2)13-7-5-6-8-14(13)16/h5-8,10-11,17H,4,9H2,1-3H3. The largest absolute Gasteiger partial charge is 0.432 e. The zero-order valence-electron chi connectivity index (χ0n) is 12.1. The van der Waals surface area contributed by atoms with Crippen LogP contribution in [0.25, 0.3) is 0 Å². The number of benzene rings is 1. The van der Waals surface area contributed by atoms with E-state index in [1.54, 1.807) is 6.26 Å². The highest BCUT2D eigenvalue weighted by atomic mass is 35.5. The highest BCUT2D eigenvalue weighted by molar-refractivity contribution is 6.31. The van der Waals surface area contributed by atoms with Gasteiger partial charge in [-0.15, -0.1) is 0 Å². The number of hydrogen-bond donors (Lipinski definition) is 1. The number of hydrogen-bond acceptors (Lipinski definition) is 4. The highest BCUT2D eigenvalue weighted by Crippen LogP contribution is 2.29. The van der Waals surface area contributed by atoms with E-state index in [4.69, 9.17) is 16.0 Å². The summed E-state index contributed by atoms with van der Waals surface area (Å²) in [6.07, 6.45) is 1.69. The Morgan fingerprint density at radius 2 is 2.15 bits per heavy atom. The van der Waals surface area contributed by atoms with Crippen molar-refractivity contribution in [3.63, 3.8) is 0 Å². The number of oxazole rings is 1. The van der Waals surface area contributed by atoms with E-state index >= 15 is 0 Å². The number of nitrogens with zero attached hydrogens (tertiary/aromatic N) is 2. The van der Waals surface area contributed by atoms with Gasteiger partial charge in [0.15, 0.2) is 0 Å². The van der Waals surface area contributed by atoms with Crippen molar-refractivity contribution in [1.29, 1.82) is 0 Å². The molecular weight excluding hydrogens is 274 g/mol. The summed E-state index contributed by atoms with van der Waals surface area (Å²) in [6.45, 7) is 5.77. The van der Waals surface area contributed by atoms with E-state index in [-0.39, 0.29) is 6.04 Å². The van der Waals surface area contributed by atoms with Gasteiger partial charge in [-0.25, -0.2) is 0 Å². The van der Waals surface area contributed by atoms with Gasteiger partial charge in [0, 0.05) is 18.6 Å². The molecule has 0 aliphatic heterocycles. The number of anilines is 1. The third-order valence-corrected chi connectivity index (χ3v) is 3.68. The lowest BCUT2D eigenvalue weighted by molar-refractivity contribution is 0.525. The Labute approximate surface area is 124 Å². The Balaban J connectivity index is 2.12. The van der Waals surface area contributed by atoms with Crippen LogP contribution in [0.2, 0.25) is 5.02 Å². The summed E-state index contributed by atoms with van der Waals surface area (Å²) in [6, 6.07) is 8.52. The Morgan fingerprint density at radius 1 is 1.40 bits per heavy atom. The van der Waals surface area contributed by atoms with Crippen LogP contribution in [0.15, 0.2) is 34.9 Å². The van der Waals surface area contributed by atoms with Gasteiger partial charge in [0.05, 0.1) is 11.7 Å². The molecule has 108 valence electrons. The maximum atomic E-state index is 6.24. The molecule has 1 unspecified atom stereocenters. The van der Waals surface area contributed by atoms with Gasteiger partial charge in [0.25, 0.3) is 6.01 Å². The fourth-order valence-electron chi connectivity index (χ4n) is 1.98. The number of aromatic nitrogens is 1. The van der Waals surface area contributed by atoms with Crippen molar-refractivity contribution in [3.05, 3.63) is 46.8 Å². The molecule has 4 nitrogen and oxygen atoms in total. The molecule has 2 rings (SSSR count). The minimum absolute atomic E-state index is 0.0920. The van der Waals surface area contributed by atoms with E-state index in [1.807, 2.05) is 36.2 Å². The van der Waals surface area contributed by atoms with Crippen molar-refractivity contribution in [1.82, 2.24) is 10.3 Å². The Hall–Kier alpha value is -1.52. The number of nitrogens with one attached hydrogen (secondary N) is 1. The van der Waals surface area contributed by atoms with Gasteiger partial charge in [-0.05, 0) is 25.1 Å². The first kappa shape index (κ1) is 14.9. The molecule has 20 heavy (non-hydrogen) atoms. The van der Waals surface area contributed by atoms with E-state index in [1.165, 1.54) is 0 Å². The second-order valence-electron chi connectivity index (χ2n) is 4.71. The molecule has 0 saturated carbocycles. The molecule has 0 amide bonds. The summed E-state index contributed by atoms with van der Waals surface area (Å²) in [5.74, 6) is 0. The molecule has 0 spiro atoms. The molecule has 1 N–H and O–H groups in total. The van der Waals surface area contributed by atoms with Crippen LogP contribution in [0, 0.1) is 0 Å². The van der Waals surface area contributed by atoms with E-state index in [0.717, 1.165) is 22.8 Å². The average molecular weight is 294 g/mol. The van der Waals surface area contributed by atoms with Gasteiger partial charge >= 0.3 is 0 Å². The summed E-state index contributed by atoms with van der Waals surface area (Å²) < 4.78 is 5.54. The Kier molecular flexibility index (Phi) is 5.04. The Morgan fingerprint density at radius 3 is 2.85 bits per heavy atom. The second kappa shape index (κ2) is 6.77. The first-order valence-corrected chi connectivity index (χ1v) is 7.13. The van der Waals surface area contributed by atoms with Gasteiger partial charge in [-0.1, -0.05) is 36.7 Å². The van der Waals surface area contributed by atoms with Crippen LogP contribution in [-0.2, 0) is 6.54 Å². The van der Waals surface area contributed by atoms with E-state index in [0.29, 0.717) is 12.6 Å². The minimum Gasteiger partial charge on any atom is -0.432 e. The maximum Gasteiger partial charge on any atom is 0.297 e. The zero-order chi connectivity index (χ0) is 14.5. The van der Waals surface area contributed by atoms with Gasteiger partial charge in [-0.3, -0.25) is 0 Å². The van der Waals surface area contributed by atoms with Crippen LogP contribution < -0.4 is 10.2 Å². The smallest absolute Gasteiger partial charge is 0.297 e. The second-order valence-corrected chi connectivity index (χ2v) is 5.12. The normalized spacial score (nSPS) is 12.4. The topological polar surface area (TPSA) is 41.3 Å². The monoisotopic (exact) mass is 293 g/mol. The van der Waals surface area contributed by atoms with Crippen molar-refractivity contribution in [3.8, 4) is 0 Å². The molecule has 0 radical (unpaired) electrons. The van der Waals surface area contributed by atoms with Crippen LogP contribution in [0.4, 0.5) is 6.01 Å². The molecule has 1 aromatic carbocycles. The highest BCUT2D eigenvalue weighted by Gasteiger charge is 2.18. The predicted molar refractivity (Wildman–Crippen MR) is 82.2 cm³/mol. The van der Waals surface area contributed by atoms with Crippen LogP contribution in [0.1, 0.15) is 31.1 Å². The lowest BCUT2D eigenvalue weighted by atomic mass is 10.1. The predicted octanol–water partition coefficient (Wildman–Crippen LogP) is 3.63. The summed E-state index contributed by atoms with van der Waals surface area (Å²) in [5, 5.41) is 3.98. The van der Waals surface area contributed by atoms with Crippen LogP contribution in [0.3, 0.4) is 0 Å². The fraction of sp³-hybridized carbons (Fsp3) is 0.400. The summed E-state index contributed by atoms with van der Waals surface area (Å²) >= 11 is 6.24. The molecule has 0 saturated heterocycles. The molecule has 0 aliphatic carbocycles. The molecule has 0 fully saturated rings. The van der Waals surface area contributed by atoms with Gasteiger partial charge in [-0.2, -0.15) is 4.98 Å². The molecular formula is C15H20ClN3O. The third kappa shape index (κ3) is 3.32. The quantitative estimate of drug-likeness (QED) is 0.883. The van der Waals surface area contributed by atoms with E-state index in [9.17, 15) is 0 Å². The van der Waals surface area contributed by atoms with E-state index in [2.05, 4.69) is 24.1 Å². The minimum atomic E-state index is 0.0920. The first-order chi connectivity index (χ1) is 9.63. The van der Waals surface area contributed by atoms with E-state index < -0.39 is 0 Å². The lowest BCUT2D eigenvalue weighted by Gasteiger charge is -2.24. The summed E-state index contributed by atoms with van der Waals surface area (Å²) in [4.78, 5) is 6.46. The summed E-state index contributed by atoms with van der Waals surface area (Å²) in [5.41, 5.74) is 1.96. The van der Waals surface area contributed by atoms with Crippen molar-refractivity contribution >= 4 is 17.6 Å². The number of rotatable bonds is 6. The van der Waals surface area contributed by atoms with Crippen molar-refractivity contribution in [2.24, 2.45) is 0 Å². The van der Waals surface area contributed by atoms with Crippen LogP contribution >= 0.6 is 11.6 Å². The lowest BCUT2D eigenvalue weighted by Crippen LogP contribution is -2.22. The van der Waals surface area contributed by atoms with Crippen molar-refractivity contribution in [2.75, 3.05) is 18.5 Å². The average Bonchev–Trinajstić information content (AvgIpc) is 2.93. The molecule has 0 bridgehead atoms. The summed E-state index contributed by atoms with van der Waals surface area (Å²) in [7, 11) is 1.96. The van der Waals surface area contributed by atoms with Gasteiger partial charge < -0.3 is 14.6 Å². The molecule has 1 heterocycles. The van der Waals surface area contributed by atoms with Crippen LogP contribution in [0.5, 0.6) is 0 Å². The van der Waals surface area contributed by atoms with Gasteiger partial charge in [0.1, 0.15) is 6.26 Å². The SMILES string of the molecule is CCNCc1coc(N(C)C(C)c2ccccc2Cl)n1.